The van der Waals surface area contributed by atoms with Crippen molar-refractivity contribution in [3.63, 3.8) is 0 Å². The van der Waals surface area contributed by atoms with Crippen LogP contribution in [0, 0.1) is 0 Å². The van der Waals surface area contributed by atoms with Gasteiger partial charge in [0.05, 0.1) is 25.6 Å². The summed E-state index contributed by atoms with van der Waals surface area (Å²) < 4.78 is 13.7. The van der Waals surface area contributed by atoms with Gasteiger partial charge in [-0.25, -0.2) is 4.98 Å². The number of ether oxygens (including phenoxy) is 2. The molecule has 0 radical (unpaired) electrons. The van der Waals surface area contributed by atoms with Crippen molar-refractivity contribution in [2.45, 2.75) is 19.2 Å². The largest absolute Gasteiger partial charge is 0.492 e. The molecule has 3 aromatic rings. The summed E-state index contributed by atoms with van der Waals surface area (Å²) in [6, 6.07) is 12.4. The van der Waals surface area contributed by atoms with Crippen molar-refractivity contribution in [2.24, 2.45) is 0 Å². The summed E-state index contributed by atoms with van der Waals surface area (Å²) >= 11 is 0. The zero-order valence-corrected chi connectivity index (χ0v) is 15.3. The number of aromatic nitrogens is 3. The minimum Gasteiger partial charge on any atom is -0.492 e. The van der Waals surface area contributed by atoms with Crippen LogP contribution < -0.4 is 4.74 Å². The number of hydrogen-bond acceptors (Lipinski definition) is 5. The molecular formula is C21H24N4O2. The standard InChI is InChI=1S/C21H24N4O2/c1-2-19(14-22-7-1)21-16-25(11-13-27-21)15-18-3-5-20(6-4-18)26-12-10-24-9-8-23-17-24/h1-9,14,17,21H,10-13,15-16H2/t21-/m0/s1. The summed E-state index contributed by atoms with van der Waals surface area (Å²) in [5, 5.41) is 0. The van der Waals surface area contributed by atoms with E-state index >= 15 is 0 Å². The summed E-state index contributed by atoms with van der Waals surface area (Å²) in [4.78, 5) is 10.7. The van der Waals surface area contributed by atoms with Gasteiger partial charge in [-0.2, -0.15) is 0 Å². The molecule has 1 saturated heterocycles. The van der Waals surface area contributed by atoms with Gasteiger partial charge in [-0.3, -0.25) is 9.88 Å². The van der Waals surface area contributed by atoms with Gasteiger partial charge in [-0.15, -0.1) is 0 Å². The van der Waals surface area contributed by atoms with E-state index in [0.29, 0.717) is 6.61 Å². The Balaban J connectivity index is 1.27. The van der Waals surface area contributed by atoms with Crippen molar-refractivity contribution in [1.29, 1.82) is 0 Å². The highest BCUT2D eigenvalue weighted by Crippen LogP contribution is 2.23. The third-order valence-electron chi connectivity index (χ3n) is 4.71. The molecule has 0 saturated carbocycles. The van der Waals surface area contributed by atoms with Crippen LogP contribution in [-0.2, 0) is 17.8 Å². The molecule has 1 aliphatic heterocycles. The molecule has 3 heterocycles. The fraction of sp³-hybridized carbons (Fsp3) is 0.333. The molecule has 0 bridgehead atoms. The molecule has 4 rings (SSSR count). The Labute approximate surface area is 159 Å². The van der Waals surface area contributed by atoms with Gasteiger partial charge in [0, 0.05) is 50.0 Å². The van der Waals surface area contributed by atoms with Crippen molar-refractivity contribution in [3.8, 4) is 5.75 Å². The maximum Gasteiger partial charge on any atom is 0.119 e. The monoisotopic (exact) mass is 364 g/mol. The Morgan fingerprint density at radius 3 is 2.81 bits per heavy atom. The van der Waals surface area contributed by atoms with Crippen molar-refractivity contribution in [1.82, 2.24) is 19.4 Å². The quantitative estimate of drug-likeness (QED) is 0.645. The van der Waals surface area contributed by atoms with E-state index in [4.69, 9.17) is 9.47 Å². The lowest BCUT2D eigenvalue weighted by Gasteiger charge is -2.33. The molecule has 0 unspecified atom stereocenters. The van der Waals surface area contributed by atoms with E-state index < -0.39 is 0 Å². The van der Waals surface area contributed by atoms with Crippen LogP contribution in [0.4, 0.5) is 0 Å². The Kier molecular flexibility index (Phi) is 5.76. The summed E-state index contributed by atoms with van der Waals surface area (Å²) in [5.41, 5.74) is 2.42. The second-order valence-electron chi connectivity index (χ2n) is 6.67. The van der Waals surface area contributed by atoms with Crippen LogP contribution in [0.5, 0.6) is 5.75 Å². The number of nitrogens with zero attached hydrogens (tertiary/aromatic N) is 4. The molecule has 0 aliphatic carbocycles. The molecule has 1 atom stereocenters. The zero-order chi connectivity index (χ0) is 18.3. The number of benzene rings is 1. The first-order valence-electron chi connectivity index (χ1n) is 9.28. The van der Waals surface area contributed by atoms with Crippen molar-refractivity contribution >= 4 is 0 Å². The fourth-order valence-electron chi connectivity index (χ4n) is 3.25. The second kappa shape index (κ2) is 8.79. The molecule has 27 heavy (non-hydrogen) atoms. The molecule has 6 nitrogen and oxygen atoms in total. The second-order valence-corrected chi connectivity index (χ2v) is 6.67. The van der Waals surface area contributed by atoms with E-state index in [2.05, 4.69) is 33.1 Å². The van der Waals surface area contributed by atoms with E-state index in [-0.39, 0.29) is 6.10 Å². The lowest BCUT2D eigenvalue weighted by atomic mass is 10.1. The van der Waals surface area contributed by atoms with Gasteiger partial charge in [-0.1, -0.05) is 18.2 Å². The number of imidazole rings is 1. The molecular weight excluding hydrogens is 340 g/mol. The normalized spacial score (nSPS) is 17.7. The summed E-state index contributed by atoms with van der Waals surface area (Å²) in [6.45, 7) is 4.91. The summed E-state index contributed by atoms with van der Waals surface area (Å²) in [7, 11) is 0. The van der Waals surface area contributed by atoms with Crippen LogP contribution in [0.25, 0.3) is 0 Å². The van der Waals surface area contributed by atoms with Crippen LogP contribution in [0.2, 0.25) is 0 Å². The molecule has 0 spiro atoms. The molecule has 6 heteroatoms. The fourth-order valence-corrected chi connectivity index (χ4v) is 3.25. The van der Waals surface area contributed by atoms with E-state index in [1.807, 2.05) is 35.2 Å². The average molecular weight is 364 g/mol. The van der Waals surface area contributed by atoms with Crippen LogP contribution in [-0.4, -0.2) is 45.7 Å². The highest BCUT2D eigenvalue weighted by molar-refractivity contribution is 5.27. The van der Waals surface area contributed by atoms with Gasteiger partial charge in [0.1, 0.15) is 12.4 Å². The molecule has 2 aromatic heterocycles. The van der Waals surface area contributed by atoms with Crippen molar-refractivity contribution < 1.29 is 9.47 Å². The van der Waals surface area contributed by atoms with Crippen molar-refractivity contribution in [3.05, 3.63) is 78.6 Å². The Morgan fingerprint density at radius 2 is 2.04 bits per heavy atom. The molecule has 0 N–H and O–H groups in total. The van der Waals surface area contributed by atoms with Gasteiger partial charge in [-0.05, 0) is 23.8 Å². The van der Waals surface area contributed by atoms with Gasteiger partial charge < -0.3 is 14.0 Å². The van der Waals surface area contributed by atoms with Gasteiger partial charge in [0.25, 0.3) is 0 Å². The topological polar surface area (TPSA) is 52.4 Å². The van der Waals surface area contributed by atoms with Crippen LogP contribution in [0.15, 0.2) is 67.5 Å². The third kappa shape index (κ3) is 4.93. The molecule has 0 amide bonds. The summed E-state index contributed by atoms with van der Waals surface area (Å²) in [5.74, 6) is 0.897. The lowest BCUT2D eigenvalue weighted by molar-refractivity contribution is -0.0330. The highest BCUT2D eigenvalue weighted by Gasteiger charge is 2.22. The third-order valence-corrected chi connectivity index (χ3v) is 4.71. The number of morpholine rings is 1. The first-order chi connectivity index (χ1) is 13.4. The molecule has 1 aromatic carbocycles. The lowest BCUT2D eigenvalue weighted by Crippen LogP contribution is -2.37. The first-order valence-corrected chi connectivity index (χ1v) is 9.28. The predicted molar refractivity (Wildman–Crippen MR) is 102 cm³/mol. The predicted octanol–water partition coefficient (Wildman–Crippen LogP) is 2.93. The number of rotatable bonds is 7. The Hall–Kier alpha value is -2.70. The maximum atomic E-state index is 5.92. The van der Waals surface area contributed by atoms with E-state index in [0.717, 1.165) is 44.1 Å². The van der Waals surface area contributed by atoms with Crippen LogP contribution in [0.3, 0.4) is 0 Å². The van der Waals surface area contributed by atoms with E-state index in [9.17, 15) is 0 Å². The Bertz CT molecular complexity index is 806. The minimum absolute atomic E-state index is 0.0956. The number of hydrogen-bond donors (Lipinski definition) is 0. The Morgan fingerprint density at radius 1 is 1.11 bits per heavy atom. The van der Waals surface area contributed by atoms with Crippen LogP contribution >= 0.6 is 0 Å². The number of pyridine rings is 1. The molecule has 1 aliphatic rings. The van der Waals surface area contributed by atoms with E-state index in [1.54, 1.807) is 18.7 Å². The zero-order valence-electron chi connectivity index (χ0n) is 15.3. The van der Waals surface area contributed by atoms with Crippen LogP contribution in [0.1, 0.15) is 17.2 Å². The highest BCUT2D eigenvalue weighted by atomic mass is 16.5. The molecule has 140 valence electrons. The van der Waals surface area contributed by atoms with Gasteiger partial charge in [0.15, 0.2) is 0 Å². The minimum atomic E-state index is 0.0956. The van der Waals surface area contributed by atoms with Gasteiger partial charge >= 0.3 is 0 Å². The average Bonchev–Trinajstić information content (AvgIpc) is 3.24. The SMILES string of the molecule is c1cncc([C@@H]2CN(Cc3ccc(OCCn4ccnc4)cc3)CCO2)c1. The first kappa shape index (κ1) is 17.7. The van der Waals surface area contributed by atoms with Gasteiger partial charge in [0.2, 0.25) is 0 Å². The molecule has 1 fully saturated rings. The summed E-state index contributed by atoms with van der Waals surface area (Å²) in [6.07, 6.45) is 9.30. The smallest absolute Gasteiger partial charge is 0.119 e. The van der Waals surface area contributed by atoms with Crippen molar-refractivity contribution in [2.75, 3.05) is 26.3 Å². The maximum absolute atomic E-state index is 5.92. The van der Waals surface area contributed by atoms with E-state index in [1.165, 1.54) is 5.56 Å².